The van der Waals surface area contributed by atoms with Crippen LogP contribution in [-0.2, 0) is 9.59 Å². The summed E-state index contributed by atoms with van der Waals surface area (Å²) in [6.07, 6.45) is 0.583. The van der Waals surface area contributed by atoms with Crippen molar-refractivity contribution in [2.24, 2.45) is 10.2 Å². The lowest BCUT2D eigenvalue weighted by Crippen LogP contribution is -2.26. The summed E-state index contributed by atoms with van der Waals surface area (Å²) in [5.74, 6) is -1.32. The summed E-state index contributed by atoms with van der Waals surface area (Å²) in [6, 6.07) is 0. The molecule has 0 saturated carbocycles. The molecule has 88 valence electrons. The number of carbonyl (C=O) groups is 2. The SMILES string of the molecule is CCC(C)=N/N=C1/NC(=O)C(CC(=O)O)S1. The van der Waals surface area contributed by atoms with Crippen LogP contribution in [-0.4, -0.2) is 33.1 Å². The van der Waals surface area contributed by atoms with Crippen LogP contribution in [0.1, 0.15) is 26.7 Å². The van der Waals surface area contributed by atoms with Crippen molar-refractivity contribution in [3.63, 3.8) is 0 Å². The molecule has 0 aliphatic carbocycles. The number of rotatable bonds is 4. The van der Waals surface area contributed by atoms with Gasteiger partial charge < -0.3 is 10.4 Å². The molecule has 1 rings (SSSR count). The second-order valence-electron chi connectivity index (χ2n) is 3.29. The van der Waals surface area contributed by atoms with E-state index in [1.165, 1.54) is 0 Å². The van der Waals surface area contributed by atoms with Gasteiger partial charge in [-0.05, 0) is 13.3 Å². The van der Waals surface area contributed by atoms with Crippen LogP contribution in [0.4, 0.5) is 0 Å². The van der Waals surface area contributed by atoms with Crippen LogP contribution in [0.5, 0.6) is 0 Å². The Hall–Kier alpha value is -1.37. The van der Waals surface area contributed by atoms with E-state index in [9.17, 15) is 9.59 Å². The second-order valence-corrected chi connectivity index (χ2v) is 4.48. The van der Waals surface area contributed by atoms with E-state index in [-0.39, 0.29) is 12.3 Å². The Labute approximate surface area is 97.2 Å². The van der Waals surface area contributed by atoms with Gasteiger partial charge >= 0.3 is 5.97 Å². The molecule has 6 nitrogen and oxygen atoms in total. The third-order valence-electron chi connectivity index (χ3n) is 1.96. The fraction of sp³-hybridized carbons (Fsp3) is 0.556. The van der Waals surface area contributed by atoms with Crippen LogP contribution in [0.15, 0.2) is 10.2 Å². The molecule has 0 aromatic carbocycles. The first-order valence-corrected chi connectivity index (χ1v) is 5.71. The van der Waals surface area contributed by atoms with Crippen molar-refractivity contribution < 1.29 is 14.7 Å². The van der Waals surface area contributed by atoms with Crippen LogP contribution >= 0.6 is 11.8 Å². The molecule has 1 heterocycles. The largest absolute Gasteiger partial charge is 0.481 e. The number of hydrogen-bond acceptors (Lipinski definition) is 5. The highest BCUT2D eigenvalue weighted by Gasteiger charge is 2.32. The smallest absolute Gasteiger partial charge is 0.305 e. The van der Waals surface area contributed by atoms with E-state index in [0.717, 1.165) is 23.9 Å². The highest BCUT2D eigenvalue weighted by atomic mass is 32.2. The monoisotopic (exact) mass is 243 g/mol. The maximum absolute atomic E-state index is 11.3. The molecule has 0 radical (unpaired) electrons. The molecule has 0 bridgehead atoms. The number of nitrogens with zero attached hydrogens (tertiary/aromatic N) is 2. The summed E-state index contributed by atoms with van der Waals surface area (Å²) in [5.41, 5.74) is 0.851. The standard InChI is InChI=1S/C9H13N3O3S/c1-3-5(2)11-12-9-10-8(15)6(16-9)4-7(13)14/h6H,3-4H2,1-2H3,(H,13,14)(H,10,12,15). The number of aliphatic carboxylic acids is 1. The lowest BCUT2D eigenvalue weighted by Gasteiger charge is -1.97. The third kappa shape index (κ3) is 3.65. The zero-order valence-corrected chi connectivity index (χ0v) is 9.87. The van der Waals surface area contributed by atoms with Crippen LogP contribution in [0, 0.1) is 0 Å². The van der Waals surface area contributed by atoms with Gasteiger partial charge in [-0.2, -0.15) is 5.10 Å². The number of carbonyl (C=O) groups excluding carboxylic acids is 1. The molecule has 0 aromatic rings. The number of carboxylic acid groups (broad SMARTS) is 1. The number of amides is 1. The van der Waals surface area contributed by atoms with Crippen LogP contribution in [0.2, 0.25) is 0 Å². The zero-order chi connectivity index (χ0) is 12.1. The van der Waals surface area contributed by atoms with Crippen LogP contribution < -0.4 is 5.32 Å². The minimum absolute atomic E-state index is 0.202. The first kappa shape index (κ1) is 12.7. The Morgan fingerprint density at radius 1 is 1.62 bits per heavy atom. The Bertz CT molecular complexity index is 365. The maximum atomic E-state index is 11.3. The van der Waals surface area contributed by atoms with E-state index in [4.69, 9.17) is 5.11 Å². The van der Waals surface area contributed by atoms with Gasteiger partial charge in [-0.1, -0.05) is 18.7 Å². The zero-order valence-electron chi connectivity index (χ0n) is 9.06. The van der Waals surface area contributed by atoms with Crippen molar-refractivity contribution in [1.29, 1.82) is 0 Å². The maximum Gasteiger partial charge on any atom is 0.305 e. The number of hydrogen-bond donors (Lipinski definition) is 2. The summed E-state index contributed by atoms with van der Waals surface area (Å²) in [7, 11) is 0. The molecule has 2 N–H and O–H groups in total. The van der Waals surface area contributed by atoms with Gasteiger partial charge in [0.2, 0.25) is 5.91 Å². The molecule has 1 amide bonds. The van der Waals surface area contributed by atoms with E-state index in [0.29, 0.717) is 5.17 Å². The average molecular weight is 243 g/mol. The van der Waals surface area contributed by atoms with E-state index >= 15 is 0 Å². The molecule has 0 spiro atoms. The summed E-state index contributed by atoms with van der Waals surface area (Å²) in [6.45, 7) is 3.78. The second kappa shape index (κ2) is 5.64. The predicted molar refractivity (Wildman–Crippen MR) is 62.6 cm³/mol. The minimum atomic E-state index is -0.998. The van der Waals surface area contributed by atoms with E-state index in [1.807, 2.05) is 13.8 Å². The fourth-order valence-corrected chi connectivity index (χ4v) is 1.86. The molecule has 1 fully saturated rings. The van der Waals surface area contributed by atoms with Gasteiger partial charge in [0.1, 0.15) is 5.25 Å². The number of nitrogens with one attached hydrogen (secondary N) is 1. The predicted octanol–water partition coefficient (Wildman–Crippen LogP) is 0.835. The molecular weight excluding hydrogens is 230 g/mol. The van der Waals surface area contributed by atoms with E-state index in [1.54, 1.807) is 0 Å². The van der Waals surface area contributed by atoms with Gasteiger partial charge in [-0.15, -0.1) is 5.10 Å². The molecular formula is C9H13N3O3S. The van der Waals surface area contributed by atoms with E-state index < -0.39 is 11.2 Å². The van der Waals surface area contributed by atoms with Crippen molar-refractivity contribution in [1.82, 2.24) is 5.32 Å². The highest BCUT2D eigenvalue weighted by molar-refractivity contribution is 8.15. The van der Waals surface area contributed by atoms with Gasteiger partial charge in [0, 0.05) is 5.71 Å². The quantitative estimate of drug-likeness (QED) is 0.565. The molecule has 16 heavy (non-hydrogen) atoms. The van der Waals surface area contributed by atoms with Crippen molar-refractivity contribution in [3.05, 3.63) is 0 Å². The minimum Gasteiger partial charge on any atom is -0.481 e. The summed E-state index contributed by atoms with van der Waals surface area (Å²) >= 11 is 1.10. The number of thioether (sulfide) groups is 1. The summed E-state index contributed by atoms with van der Waals surface area (Å²) in [5, 5.41) is 18.6. The molecule has 7 heteroatoms. The lowest BCUT2D eigenvalue weighted by molar-refractivity contribution is -0.138. The molecule has 1 saturated heterocycles. The van der Waals surface area contributed by atoms with Crippen molar-refractivity contribution in [2.75, 3.05) is 0 Å². The van der Waals surface area contributed by atoms with Gasteiger partial charge in [0.15, 0.2) is 5.17 Å². The van der Waals surface area contributed by atoms with Crippen LogP contribution in [0.3, 0.4) is 0 Å². The first-order valence-electron chi connectivity index (χ1n) is 4.83. The topological polar surface area (TPSA) is 91.1 Å². The Balaban J connectivity index is 2.62. The summed E-state index contributed by atoms with van der Waals surface area (Å²) in [4.78, 5) is 21.8. The highest BCUT2D eigenvalue weighted by Crippen LogP contribution is 2.22. The van der Waals surface area contributed by atoms with E-state index in [2.05, 4.69) is 15.5 Å². The number of amidine groups is 1. The van der Waals surface area contributed by atoms with Gasteiger partial charge in [0.05, 0.1) is 6.42 Å². The van der Waals surface area contributed by atoms with Crippen molar-refractivity contribution in [3.8, 4) is 0 Å². The molecule has 1 unspecified atom stereocenters. The summed E-state index contributed by atoms with van der Waals surface area (Å²) < 4.78 is 0. The lowest BCUT2D eigenvalue weighted by atomic mass is 10.3. The van der Waals surface area contributed by atoms with Gasteiger partial charge in [-0.3, -0.25) is 9.59 Å². The molecule has 1 atom stereocenters. The van der Waals surface area contributed by atoms with Crippen molar-refractivity contribution >= 4 is 34.5 Å². The Morgan fingerprint density at radius 2 is 2.31 bits per heavy atom. The molecule has 1 aliphatic heterocycles. The van der Waals surface area contributed by atoms with Crippen molar-refractivity contribution in [2.45, 2.75) is 31.9 Å². The first-order chi connectivity index (χ1) is 7.52. The average Bonchev–Trinajstić information content (AvgIpc) is 2.55. The van der Waals surface area contributed by atoms with Gasteiger partial charge in [0.25, 0.3) is 0 Å². The number of carboxylic acids is 1. The Morgan fingerprint density at radius 3 is 2.88 bits per heavy atom. The third-order valence-corrected chi connectivity index (χ3v) is 3.03. The van der Waals surface area contributed by atoms with Gasteiger partial charge in [-0.25, -0.2) is 0 Å². The van der Waals surface area contributed by atoms with Crippen LogP contribution in [0.25, 0.3) is 0 Å². The normalized spacial score (nSPS) is 23.6. The Kier molecular flexibility index (Phi) is 4.48. The molecule has 1 aliphatic rings. The molecule has 0 aromatic heterocycles. The fourth-order valence-electron chi connectivity index (χ4n) is 0.947.